The van der Waals surface area contributed by atoms with E-state index in [1.54, 1.807) is 0 Å². The second kappa shape index (κ2) is 7.59. The topological polar surface area (TPSA) is 67.9 Å². The number of benzene rings is 2. The van der Waals surface area contributed by atoms with E-state index in [9.17, 15) is 22.4 Å². The summed E-state index contributed by atoms with van der Waals surface area (Å²) in [6.07, 6.45) is 0.365. The summed E-state index contributed by atoms with van der Waals surface area (Å²) < 4.78 is 61.9. The second-order valence-electron chi connectivity index (χ2n) is 7.01. The minimum absolute atomic E-state index is 0.0433. The van der Waals surface area contributed by atoms with E-state index >= 15 is 0 Å². The molecule has 0 saturated heterocycles. The molecule has 0 aromatic heterocycles. The van der Waals surface area contributed by atoms with Crippen LogP contribution < -0.4 is 10.5 Å². The average Bonchev–Trinajstić information content (AvgIpc) is 3.09. The number of hydrogen-bond donors (Lipinski definition) is 1. The van der Waals surface area contributed by atoms with Crippen LogP contribution >= 0.6 is 11.8 Å². The van der Waals surface area contributed by atoms with E-state index in [-0.39, 0.29) is 35.1 Å². The van der Waals surface area contributed by atoms with Crippen LogP contribution in [-0.2, 0) is 9.67 Å². The number of hydrazone groups is 1. The van der Waals surface area contributed by atoms with Gasteiger partial charge < -0.3 is 10.5 Å². The Morgan fingerprint density at radius 3 is 2.67 bits per heavy atom. The highest BCUT2D eigenvalue weighted by Gasteiger charge is 2.56. The third-order valence-corrected chi connectivity index (χ3v) is 6.66. The van der Waals surface area contributed by atoms with E-state index in [2.05, 4.69) is 5.10 Å². The number of fused-ring (bicyclic) bond motifs is 2. The normalized spacial score (nSPS) is 22.7. The highest BCUT2D eigenvalue weighted by Crippen LogP contribution is 2.57. The lowest BCUT2D eigenvalue weighted by molar-refractivity contribution is -0.134. The minimum Gasteiger partial charge on any atom is -0.493 e. The van der Waals surface area contributed by atoms with Gasteiger partial charge in [0.2, 0.25) is 5.91 Å². The fraction of sp³-hybridized carbons (Fsp3) is 0.300. The number of ether oxygens (including phenoxy) is 1. The van der Waals surface area contributed by atoms with Gasteiger partial charge in [-0.1, -0.05) is 11.8 Å². The lowest BCUT2D eigenvalue weighted by Crippen LogP contribution is -2.51. The third-order valence-electron chi connectivity index (χ3n) is 5.13. The van der Waals surface area contributed by atoms with Gasteiger partial charge in [0.15, 0.2) is 16.5 Å². The first kappa shape index (κ1) is 20.7. The second-order valence-corrected chi connectivity index (χ2v) is 8.22. The van der Waals surface area contributed by atoms with Crippen LogP contribution in [0.3, 0.4) is 0 Å². The van der Waals surface area contributed by atoms with Crippen LogP contribution in [0.25, 0.3) is 0 Å². The van der Waals surface area contributed by atoms with E-state index in [0.29, 0.717) is 6.42 Å². The Balaban J connectivity index is 1.93. The maximum absolute atomic E-state index is 14.4. The molecule has 158 valence electrons. The Labute approximate surface area is 173 Å². The van der Waals surface area contributed by atoms with Crippen LogP contribution in [0.5, 0.6) is 5.75 Å². The van der Waals surface area contributed by atoms with Gasteiger partial charge in [-0.05, 0) is 37.2 Å². The van der Waals surface area contributed by atoms with Gasteiger partial charge in [0.25, 0.3) is 0 Å². The molecule has 2 unspecified atom stereocenters. The summed E-state index contributed by atoms with van der Waals surface area (Å²) >= 11 is 0.975. The summed E-state index contributed by atoms with van der Waals surface area (Å²) in [7, 11) is 0. The molecule has 1 amide bonds. The smallest absolute Gasteiger partial charge is 0.241 e. The zero-order valence-electron chi connectivity index (χ0n) is 15.8. The summed E-state index contributed by atoms with van der Waals surface area (Å²) in [5, 5.41) is 5.42. The van der Waals surface area contributed by atoms with E-state index < -0.39 is 40.0 Å². The predicted octanol–water partition coefficient (Wildman–Crippen LogP) is 3.71. The van der Waals surface area contributed by atoms with Gasteiger partial charge in [-0.15, -0.1) is 0 Å². The molecule has 4 rings (SSSR count). The first-order valence-electron chi connectivity index (χ1n) is 9.14. The Kier molecular flexibility index (Phi) is 5.23. The Morgan fingerprint density at radius 2 is 1.97 bits per heavy atom. The van der Waals surface area contributed by atoms with E-state index in [0.717, 1.165) is 47.1 Å². The molecular formula is C20H17F4N3O2S. The quantitative estimate of drug-likeness (QED) is 0.741. The Hall–Kier alpha value is -2.59. The number of hydrogen-bond acceptors (Lipinski definition) is 5. The highest BCUT2D eigenvalue weighted by atomic mass is 32.2. The van der Waals surface area contributed by atoms with Crippen LogP contribution in [0.15, 0.2) is 35.4 Å². The molecule has 0 radical (unpaired) electrons. The molecule has 30 heavy (non-hydrogen) atoms. The molecule has 0 bridgehead atoms. The molecule has 2 aliphatic heterocycles. The molecular weight excluding hydrogens is 422 g/mol. The summed E-state index contributed by atoms with van der Waals surface area (Å²) in [5.41, 5.74) is 5.79. The highest BCUT2D eigenvalue weighted by molar-refractivity contribution is 8.15. The summed E-state index contributed by atoms with van der Waals surface area (Å²) in [6, 6.07) is 4.77. The number of nitrogens with two attached hydrogens (primary N) is 1. The zero-order valence-corrected chi connectivity index (χ0v) is 16.6. The molecule has 0 fully saturated rings. The Bertz CT molecular complexity index is 1060. The monoisotopic (exact) mass is 439 g/mol. The van der Waals surface area contributed by atoms with Gasteiger partial charge >= 0.3 is 0 Å². The summed E-state index contributed by atoms with van der Waals surface area (Å²) in [6.45, 7) is 1.54. The number of nitrogens with zero attached hydrogens (tertiary/aromatic N) is 2. The number of amides is 1. The Morgan fingerprint density at radius 1 is 1.23 bits per heavy atom. The van der Waals surface area contributed by atoms with E-state index in [1.165, 1.54) is 6.92 Å². The third kappa shape index (κ3) is 3.14. The maximum Gasteiger partial charge on any atom is 0.241 e. The van der Waals surface area contributed by atoms with Gasteiger partial charge in [0.05, 0.1) is 6.61 Å². The number of halogens is 4. The molecule has 0 saturated carbocycles. The molecule has 1 spiro atoms. The van der Waals surface area contributed by atoms with Crippen LogP contribution in [0.4, 0.5) is 17.6 Å². The van der Waals surface area contributed by atoms with Crippen molar-refractivity contribution < 1.29 is 27.1 Å². The van der Waals surface area contributed by atoms with Crippen LogP contribution in [-0.4, -0.2) is 29.1 Å². The summed E-state index contributed by atoms with van der Waals surface area (Å²) in [5.74, 6) is -4.55. The molecule has 2 N–H and O–H groups in total. The van der Waals surface area contributed by atoms with Gasteiger partial charge in [-0.2, -0.15) is 5.10 Å². The van der Waals surface area contributed by atoms with Crippen molar-refractivity contribution in [1.82, 2.24) is 5.01 Å². The lowest BCUT2D eigenvalue weighted by atomic mass is 9.86. The van der Waals surface area contributed by atoms with Crippen molar-refractivity contribution in [2.24, 2.45) is 16.8 Å². The van der Waals surface area contributed by atoms with Crippen LogP contribution in [0.2, 0.25) is 0 Å². The molecule has 10 heteroatoms. The van der Waals surface area contributed by atoms with Gasteiger partial charge in [-0.3, -0.25) is 4.79 Å². The van der Waals surface area contributed by atoms with E-state index in [4.69, 9.17) is 10.5 Å². The fourth-order valence-corrected chi connectivity index (χ4v) is 5.37. The SMILES string of the molecule is CC(=O)N1N=C(c2cc(F)ccc2F)SC12c1cc(F)c(F)cc1OCC2CCN. The van der Waals surface area contributed by atoms with Gasteiger partial charge in [0.1, 0.15) is 22.4 Å². The lowest BCUT2D eigenvalue weighted by Gasteiger charge is -2.45. The molecule has 2 aliphatic rings. The molecule has 0 aliphatic carbocycles. The number of rotatable bonds is 3. The van der Waals surface area contributed by atoms with Crippen molar-refractivity contribution in [3.05, 3.63) is 64.7 Å². The molecule has 2 heterocycles. The van der Waals surface area contributed by atoms with Crippen molar-refractivity contribution in [2.75, 3.05) is 13.2 Å². The van der Waals surface area contributed by atoms with Crippen molar-refractivity contribution in [2.45, 2.75) is 18.2 Å². The van der Waals surface area contributed by atoms with Gasteiger partial charge in [0, 0.05) is 30.0 Å². The molecule has 5 nitrogen and oxygen atoms in total. The van der Waals surface area contributed by atoms with Crippen LogP contribution in [0, 0.1) is 29.2 Å². The molecule has 2 atom stereocenters. The van der Waals surface area contributed by atoms with Gasteiger partial charge in [-0.25, -0.2) is 22.6 Å². The fourth-order valence-electron chi connectivity index (χ4n) is 3.81. The number of carbonyl (C=O) groups is 1. The van der Waals surface area contributed by atoms with Crippen molar-refractivity contribution in [3.63, 3.8) is 0 Å². The zero-order chi connectivity index (χ0) is 21.6. The first-order chi connectivity index (χ1) is 14.3. The maximum atomic E-state index is 14.4. The number of thioether (sulfide) groups is 1. The first-order valence-corrected chi connectivity index (χ1v) is 9.95. The van der Waals surface area contributed by atoms with Crippen molar-refractivity contribution in [1.29, 1.82) is 0 Å². The largest absolute Gasteiger partial charge is 0.493 e. The standard InChI is InChI=1S/C20H17F4N3O2S/c1-10(28)27-20(30-19(26-27)13-6-12(21)2-3-15(13)22)11(4-5-25)9-29-18-8-17(24)16(23)7-14(18)20/h2-3,6-8,11H,4-5,9,25H2,1H3. The molecule has 2 aromatic rings. The van der Waals surface area contributed by atoms with Crippen molar-refractivity contribution >= 4 is 22.7 Å². The minimum atomic E-state index is -1.35. The molecule has 2 aromatic carbocycles. The summed E-state index contributed by atoms with van der Waals surface area (Å²) in [4.78, 5) is 11.2. The van der Waals surface area contributed by atoms with E-state index in [1.807, 2.05) is 0 Å². The van der Waals surface area contributed by atoms with Crippen molar-refractivity contribution in [3.8, 4) is 5.75 Å². The number of carbonyl (C=O) groups excluding carboxylic acids is 1. The predicted molar refractivity (Wildman–Crippen MR) is 104 cm³/mol. The average molecular weight is 439 g/mol. The van der Waals surface area contributed by atoms with Crippen LogP contribution in [0.1, 0.15) is 24.5 Å².